The number of aliphatic hydroxyl groups is 1. The lowest BCUT2D eigenvalue weighted by atomic mass is 9.92. The molecule has 0 spiro atoms. The molecule has 2 aromatic rings. The maximum absolute atomic E-state index is 10.7. The van der Waals surface area contributed by atoms with Crippen molar-refractivity contribution in [2.45, 2.75) is 26.4 Å². The molecule has 0 radical (unpaired) electrons. The minimum Gasteiger partial charge on any atom is -0.377 e. The number of nitrogens with zero attached hydrogens (tertiary/aromatic N) is 2. The molecule has 0 saturated heterocycles. The second-order valence-corrected chi connectivity index (χ2v) is 4.73. The van der Waals surface area contributed by atoms with Crippen LogP contribution >= 0.6 is 0 Å². The Labute approximate surface area is 102 Å². The van der Waals surface area contributed by atoms with Crippen LogP contribution in [0, 0.1) is 13.8 Å². The minimum atomic E-state index is -1.06. The van der Waals surface area contributed by atoms with Crippen molar-refractivity contribution in [2.75, 3.05) is 0 Å². The highest BCUT2D eigenvalue weighted by Gasteiger charge is 2.29. The summed E-state index contributed by atoms with van der Waals surface area (Å²) in [6.07, 6.45) is 3.54. The molecule has 17 heavy (non-hydrogen) atoms. The van der Waals surface area contributed by atoms with Crippen molar-refractivity contribution in [3.63, 3.8) is 0 Å². The Morgan fingerprint density at radius 2 is 1.94 bits per heavy atom. The number of hydrogen-bond acceptors (Lipinski definition) is 2. The minimum absolute atomic E-state index is 0.653. The van der Waals surface area contributed by atoms with Gasteiger partial charge in [-0.2, -0.15) is 0 Å². The van der Waals surface area contributed by atoms with Gasteiger partial charge in [0.25, 0.3) is 0 Å². The van der Waals surface area contributed by atoms with E-state index >= 15 is 0 Å². The Morgan fingerprint density at radius 1 is 1.24 bits per heavy atom. The number of imidazole rings is 1. The van der Waals surface area contributed by atoms with Crippen molar-refractivity contribution >= 4 is 0 Å². The lowest BCUT2D eigenvalue weighted by Crippen LogP contribution is -2.27. The Kier molecular flexibility index (Phi) is 2.79. The summed E-state index contributed by atoms with van der Waals surface area (Å²) in [5, 5.41) is 10.7. The second kappa shape index (κ2) is 4.00. The summed E-state index contributed by atoms with van der Waals surface area (Å²) in [4.78, 5) is 4.23. The molecule has 0 bridgehead atoms. The maximum Gasteiger partial charge on any atom is 0.144 e. The van der Waals surface area contributed by atoms with Gasteiger partial charge in [-0.1, -0.05) is 18.2 Å². The van der Waals surface area contributed by atoms with E-state index in [4.69, 9.17) is 0 Å². The average molecular weight is 230 g/mol. The number of benzene rings is 1. The standard InChI is InChI=1S/C14H18N2O/c1-10-5-6-12(9-11(10)2)14(3,17)13-15-7-8-16(13)4/h5-9,17H,1-4H3. The first kappa shape index (κ1) is 11.9. The Balaban J connectivity index is 2.51. The van der Waals surface area contributed by atoms with Gasteiger partial charge in [-0.15, -0.1) is 0 Å². The van der Waals surface area contributed by atoms with Gasteiger partial charge < -0.3 is 9.67 Å². The molecule has 1 unspecified atom stereocenters. The number of aryl methyl sites for hydroxylation is 3. The van der Waals surface area contributed by atoms with Crippen molar-refractivity contribution in [1.82, 2.24) is 9.55 Å². The highest BCUT2D eigenvalue weighted by Crippen LogP contribution is 2.28. The molecule has 2 rings (SSSR count). The zero-order valence-electron chi connectivity index (χ0n) is 10.7. The van der Waals surface area contributed by atoms with Gasteiger partial charge in [-0.25, -0.2) is 4.98 Å². The van der Waals surface area contributed by atoms with E-state index in [1.807, 2.05) is 42.9 Å². The molecular weight excluding hydrogens is 212 g/mol. The molecule has 0 amide bonds. The third-order valence-electron chi connectivity index (χ3n) is 3.33. The van der Waals surface area contributed by atoms with Crippen LogP contribution in [0.1, 0.15) is 29.4 Å². The zero-order valence-corrected chi connectivity index (χ0v) is 10.7. The summed E-state index contributed by atoms with van der Waals surface area (Å²) in [5.41, 5.74) is 2.22. The van der Waals surface area contributed by atoms with Crippen molar-refractivity contribution in [2.24, 2.45) is 7.05 Å². The number of rotatable bonds is 2. The van der Waals surface area contributed by atoms with E-state index in [9.17, 15) is 5.11 Å². The second-order valence-electron chi connectivity index (χ2n) is 4.73. The van der Waals surface area contributed by atoms with Crippen LogP contribution in [0.2, 0.25) is 0 Å². The molecule has 90 valence electrons. The summed E-state index contributed by atoms with van der Waals surface area (Å²) in [7, 11) is 1.89. The summed E-state index contributed by atoms with van der Waals surface area (Å²) in [5.74, 6) is 0.653. The molecule has 0 aliphatic rings. The Bertz CT molecular complexity index is 541. The van der Waals surface area contributed by atoms with Crippen LogP contribution in [0.5, 0.6) is 0 Å². The molecule has 0 saturated carbocycles. The van der Waals surface area contributed by atoms with Crippen molar-refractivity contribution in [1.29, 1.82) is 0 Å². The van der Waals surface area contributed by atoms with E-state index < -0.39 is 5.60 Å². The average Bonchev–Trinajstić information content (AvgIpc) is 2.69. The van der Waals surface area contributed by atoms with Crippen molar-refractivity contribution in [3.05, 3.63) is 53.1 Å². The fraction of sp³-hybridized carbons (Fsp3) is 0.357. The van der Waals surface area contributed by atoms with Crippen LogP contribution in [-0.4, -0.2) is 14.7 Å². The molecular formula is C14H18N2O. The van der Waals surface area contributed by atoms with Gasteiger partial charge in [0, 0.05) is 19.4 Å². The van der Waals surface area contributed by atoms with Crippen LogP contribution in [0.4, 0.5) is 0 Å². The number of aromatic nitrogens is 2. The number of hydrogen-bond donors (Lipinski definition) is 1. The molecule has 3 heteroatoms. The maximum atomic E-state index is 10.7. The zero-order chi connectivity index (χ0) is 12.6. The molecule has 1 aromatic carbocycles. The molecule has 3 nitrogen and oxygen atoms in total. The lowest BCUT2D eigenvalue weighted by Gasteiger charge is -2.24. The van der Waals surface area contributed by atoms with E-state index in [1.165, 1.54) is 11.1 Å². The van der Waals surface area contributed by atoms with Gasteiger partial charge >= 0.3 is 0 Å². The molecule has 1 aromatic heterocycles. The Morgan fingerprint density at radius 3 is 2.47 bits per heavy atom. The molecule has 1 N–H and O–H groups in total. The quantitative estimate of drug-likeness (QED) is 0.859. The predicted octanol–water partition coefficient (Wildman–Crippen LogP) is 2.29. The normalized spacial score (nSPS) is 14.6. The third kappa shape index (κ3) is 1.98. The predicted molar refractivity (Wildman–Crippen MR) is 67.8 cm³/mol. The molecule has 0 aliphatic heterocycles. The SMILES string of the molecule is Cc1ccc(C(C)(O)c2nccn2C)cc1C. The molecule has 0 fully saturated rings. The fourth-order valence-corrected chi connectivity index (χ4v) is 2.01. The van der Waals surface area contributed by atoms with Crippen LogP contribution in [0.3, 0.4) is 0 Å². The van der Waals surface area contributed by atoms with Crippen LogP contribution in [0.15, 0.2) is 30.6 Å². The first-order valence-electron chi connectivity index (χ1n) is 5.71. The van der Waals surface area contributed by atoms with E-state index in [0.717, 1.165) is 5.56 Å². The third-order valence-corrected chi connectivity index (χ3v) is 3.33. The summed E-state index contributed by atoms with van der Waals surface area (Å²) in [6, 6.07) is 6.00. The van der Waals surface area contributed by atoms with Crippen molar-refractivity contribution in [3.8, 4) is 0 Å². The van der Waals surface area contributed by atoms with E-state index in [0.29, 0.717) is 5.82 Å². The van der Waals surface area contributed by atoms with E-state index in [2.05, 4.69) is 11.9 Å². The molecule has 1 atom stereocenters. The molecule has 0 aliphatic carbocycles. The fourth-order valence-electron chi connectivity index (χ4n) is 2.01. The van der Waals surface area contributed by atoms with Gasteiger partial charge in [0.15, 0.2) is 0 Å². The highest BCUT2D eigenvalue weighted by molar-refractivity contribution is 5.36. The summed E-state index contributed by atoms with van der Waals surface area (Å²) < 4.78 is 1.84. The van der Waals surface area contributed by atoms with Gasteiger partial charge in [0.1, 0.15) is 11.4 Å². The molecule has 1 heterocycles. The Hall–Kier alpha value is -1.61. The monoisotopic (exact) mass is 230 g/mol. The summed E-state index contributed by atoms with van der Waals surface area (Å²) in [6.45, 7) is 5.89. The van der Waals surface area contributed by atoms with Crippen LogP contribution in [0.25, 0.3) is 0 Å². The van der Waals surface area contributed by atoms with Gasteiger partial charge in [-0.3, -0.25) is 0 Å². The van der Waals surface area contributed by atoms with Crippen molar-refractivity contribution < 1.29 is 5.11 Å². The topological polar surface area (TPSA) is 38.1 Å². The smallest absolute Gasteiger partial charge is 0.144 e. The van der Waals surface area contributed by atoms with E-state index in [1.54, 1.807) is 13.1 Å². The lowest BCUT2D eigenvalue weighted by molar-refractivity contribution is 0.0891. The van der Waals surface area contributed by atoms with Gasteiger partial charge in [0.2, 0.25) is 0 Å². The van der Waals surface area contributed by atoms with Gasteiger partial charge in [0.05, 0.1) is 0 Å². The first-order valence-corrected chi connectivity index (χ1v) is 5.71. The summed E-state index contributed by atoms with van der Waals surface area (Å²) >= 11 is 0. The van der Waals surface area contributed by atoms with E-state index in [-0.39, 0.29) is 0 Å². The largest absolute Gasteiger partial charge is 0.377 e. The van der Waals surface area contributed by atoms with Crippen LogP contribution < -0.4 is 0 Å². The van der Waals surface area contributed by atoms with Gasteiger partial charge in [-0.05, 0) is 37.5 Å². The first-order chi connectivity index (χ1) is 7.93. The van der Waals surface area contributed by atoms with Crippen LogP contribution in [-0.2, 0) is 12.6 Å². The highest BCUT2D eigenvalue weighted by atomic mass is 16.3.